The molecule has 0 amide bonds. The van der Waals surface area contributed by atoms with Gasteiger partial charge < -0.3 is 18.9 Å². The first-order chi connectivity index (χ1) is 53.9. The molecule has 116 heavy (non-hydrogen) atoms. The molecule has 0 unspecified atom stereocenters. The van der Waals surface area contributed by atoms with Gasteiger partial charge in [-0.25, -0.2) is 0 Å². The number of methoxy groups -OCH3 is 4. The number of rotatable bonds is 13. The second-order valence-electron chi connectivity index (χ2n) is 36.6. The van der Waals surface area contributed by atoms with Crippen molar-refractivity contribution < 1.29 is 18.9 Å². The van der Waals surface area contributed by atoms with E-state index in [1.165, 1.54) is 111 Å². The van der Waals surface area contributed by atoms with Crippen LogP contribution in [0.15, 0.2) is 182 Å². The van der Waals surface area contributed by atoms with Crippen LogP contribution >= 0.6 is 0 Å². The molecule has 0 spiro atoms. The van der Waals surface area contributed by atoms with E-state index in [0.717, 1.165) is 46.7 Å². The lowest BCUT2D eigenvalue weighted by Gasteiger charge is -2.12. The van der Waals surface area contributed by atoms with Crippen molar-refractivity contribution in [3.8, 4) is 23.0 Å². The summed E-state index contributed by atoms with van der Waals surface area (Å²) in [5.41, 5.74) is 27.5. The van der Waals surface area contributed by atoms with E-state index in [1.54, 1.807) is 28.4 Å². The third-order valence-corrected chi connectivity index (χ3v) is 17.5. The number of ether oxygens (including phenoxy) is 4. The molecule has 0 saturated carbocycles. The summed E-state index contributed by atoms with van der Waals surface area (Å²) >= 11 is 0. The van der Waals surface area contributed by atoms with Crippen LogP contribution in [0.1, 0.15) is 372 Å². The van der Waals surface area contributed by atoms with Crippen molar-refractivity contribution in [2.24, 2.45) is 23.7 Å². The molecule has 0 aromatic heterocycles. The van der Waals surface area contributed by atoms with Gasteiger partial charge in [0.2, 0.25) is 0 Å². The second kappa shape index (κ2) is 64.2. The van der Waals surface area contributed by atoms with E-state index in [4.69, 9.17) is 18.9 Å². The summed E-state index contributed by atoms with van der Waals surface area (Å²) in [5.74, 6) is 12.6. The summed E-state index contributed by atoms with van der Waals surface area (Å²) in [6.45, 7) is 89.3. The molecule has 0 heterocycles. The van der Waals surface area contributed by atoms with Gasteiger partial charge in [-0.3, -0.25) is 0 Å². The highest BCUT2D eigenvalue weighted by molar-refractivity contribution is 5.43. The van der Waals surface area contributed by atoms with E-state index in [2.05, 4.69) is 442 Å². The first-order valence-corrected chi connectivity index (χ1v) is 43.8. The van der Waals surface area contributed by atoms with Crippen molar-refractivity contribution in [2.75, 3.05) is 28.4 Å². The molecule has 0 bridgehead atoms. The molecular formula is C112H178O4. The van der Waals surface area contributed by atoms with Gasteiger partial charge in [-0.2, -0.15) is 0 Å². The maximum Gasteiger partial charge on any atom is 0.122 e. The molecule has 9 aromatic carbocycles. The molecule has 9 aromatic rings. The molecule has 9 rings (SSSR count). The largest absolute Gasteiger partial charge is 0.497 e. The summed E-state index contributed by atoms with van der Waals surface area (Å²) in [7, 11) is 6.80. The molecule has 0 fully saturated rings. The van der Waals surface area contributed by atoms with Crippen LogP contribution in [0.25, 0.3) is 0 Å². The van der Waals surface area contributed by atoms with Gasteiger partial charge in [0.25, 0.3) is 0 Å². The Bertz CT molecular complexity index is 3740. The first-order valence-electron chi connectivity index (χ1n) is 43.8. The molecule has 0 N–H and O–H groups in total. The third kappa shape index (κ3) is 55.0. The SMILES string of the molecule is CC(C)C.CC(C)C.CC(C)C.CC(C)C.COc1cc(C)ccc1C(C)C.COc1ccc(C)cc1C(C)C.COc1ccc(OC)c(C(C)C)c1.Cc1ccc(C(C)C)c(C)c1.Cc1ccc(C(C)C)c(C)c1.Cc1ccc(C(C)C)c(C)c1.Cc1cccc(C(C)C)c1.Cc1ccccc1C(C)C.Cc1ccccc1C(C)C. The topological polar surface area (TPSA) is 36.9 Å². The fourth-order valence-electron chi connectivity index (χ4n) is 11.8. The molecule has 4 heteroatoms. The monoisotopic (exact) mass is 1590 g/mol. The highest BCUT2D eigenvalue weighted by Crippen LogP contribution is 2.32. The number of aryl methyl sites for hydroxylation is 11. The zero-order valence-electron chi connectivity index (χ0n) is 83.5. The minimum Gasteiger partial charge on any atom is -0.497 e. The Labute approximate surface area is 720 Å². The number of benzene rings is 9. The van der Waals surface area contributed by atoms with Crippen LogP contribution in [-0.2, 0) is 0 Å². The lowest BCUT2D eigenvalue weighted by molar-refractivity contribution is 0.397. The lowest BCUT2D eigenvalue weighted by Crippen LogP contribution is -1.95. The van der Waals surface area contributed by atoms with E-state index in [1.807, 2.05) is 24.3 Å². The first kappa shape index (κ1) is 115. The van der Waals surface area contributed by atoms with Crippen molar-refractivity contribution in [3.05, 3.63) is 293 Å². The van der Waals surface area contributed by atoms with E-state index in [0.29, 0.717) is 53.3 Å². The number of hydrogen-bond donors (Lipinski definition) is 0. The van der Waals surface area contributed by atoms with Gasteiger partial charge in [-0.05, 0) is 261 Å². The Balaban J connectivity index is -0.000000594. The van der Waals surface area contributed by atoms with E-state index >= 15 is 0 Å². The Hall–Kier alpha value is -7.82. The Morgan fingerprint density at radius 1 is 0.172 bits per heavy atom. The van der Waals surface area contributed by atoms with Gasteiger partial charge in [-0.15, -0.1) is 0 Å². The molecule has 0 saturated heterocycles. The van der Waals surface area contributed by atoms with Gasteiger partial charge in [0.15, 0.2) is 0 Å². The van der Waals surface area contributed by atoms with Crippen molar-refractivity contribution in [1.29, 1.82) is 0 Å². The van der Waals surface area contributed by atoms with Crippen LogP contribution in [0.3, 0.4) is 0 Å². The molecule has 0 aliphatic carbocycles. The lowest BCUT2D eigenvalue weighted by atomic mass is 9.97. The average Bonchev–Trinajstić information content (AvgIpc) is 0.840. The molecule has 650 valence electrons. The molecule has 0 aliphatic rings. The Morgan fingerprint density at radius 3 is 0.672 bits per heavy atom. The fraction of sp³-hybridized carbons (Fsp3) is 0.518. The second-order valence-corrected chi connectivity index (χ2v) is 36.6. The summed E-state index contributed by atoms with van der Waals surface area (Å²) in [4.78, 5) is 0. The van der Waals surface area contributed by atoms with Crippen molar-refractivity contribution >= 4 is 0 Å². The maximum absolute atomic E-state index is 5.29. The highest BCUT2D eigenvalue weighted by Gasteiger charge is 2.11. The summed E-state index contributed by atoms with van der Waals surface area (Å²) in [5, 5.41) is 0. The highest BCUT2D eigenvalue weighted by atomic mass is 16.5. The molecule has 0 atom stereocenters. The maximum atomic E-state index is 5.29. The van der Waals surface area contributed by atoms with Crippen LogP contribution in [-0.4, -0.2) is 28.4 Å². The standard InChI is InChI=1S/C11H16O2.2C11H16O.3C11H16.3C10H14.4C4H10/c1-8(2)10-7-9(12-3)5-6-11(10)13-4;1-8(2)10-7-9(3)5-6-11(10)12-4;1-8(2)10-6-5-9(3)7-11(10)12-4;3*1-8(2)11-6-5-9(3)7-10(11)4;1-8(2)10-6-4-5-9(3)7-10;2*1-8(2)10-7-5-4-6-9(10)3;4*1-4(2)3/h5-8H,1-4H3;2*5-8H,1-4H3;3*5-8H,1-4H3;3*4-8H,1-3H3;4*4H,1-3H3. The summed E-state index contributed by atoms with van der Waals surface area (Å²) < 4.78 is 20.9. The molecule has 0 aliphatic heterocycles. The summed E-state index contributed by atoms with van der Waals surface area (Å²) in [6.07, 6.45) is 0. The Kier molecular flexibility index (Phi) is 63.4. The molecule has 0 radical (unpaired) electrons. The molecular weight excluding hydrogens is 1410 g/mol. The van der Waals surface area contributed by atoms with Crippen LogP contribution in [0.2, 0.25) is 0 Å². The van der Waals surface area contributed by atoms with Gasteiger partial charge in [0.05, 0.1) is 28.4 Å². The van der Waals surface area contributed by atoms with Crippen LogP contribution < -0.4 is 18.9 Å². The van der Waals surface area contributed by atoms with Gasteiger partial charge in [0.1, 0.15) is 23.0 Å². The van der Waals surface area contributed by atoms with Crippen molar-refractivity contribution in [1.82, 2.24) is 0 Å². The van der Waals surface area contributed by atoms with E-state index in [9.17, 15) is 0 Å². The van der Waals surface area contributed by atoms with Gasteiger partial charge >= 0.3 is 0 Å². The zero-order valence-corrected chi connectivity index (χ0v) is 83.5. The predicted molar refractivity (Wildman–Crippen MR) is 525 cm³/mol. The predicted octanol–water partition coefficient (Wildman–Crippen LogP) is 35.4. The quantitative estimate of drug-likeness (QED) is 0.115. The van der Waals surface area contributed by atoms with Crippen LogP contribution in [0.5, 0.6) is 23.0 Å². The van der Waals surface area contributed by atoms with Crippen LogP contribution in [0.4, 0.5) is 0 Å². The normalized spacial score (nSPS) is 10.3. The fourth-order valence-corrected chi connectivity index (χ4v) is 11.8. The Morgan fingerprint density at radius 2 is 0.422 bits per heavy atom. The van der Waals surface area contributed by atoms with Crippen LogP contribution in [0, 0.1) is 99.8 Å². The van der Waals surface area contributed by atoms with Crippen molar-refractivity contribution in [3.63, 3.8) is 0 Å². The minimum absolute atomic E-state index is 0.449. The summed E-state index contributed by atoms with van der Waals surface area (Å²) in [6, 6.07) is 64.2. The van der Waals surface area contributed by atoms with E-state index < -0.39 is 0 Å². The van der Waals surface area contributed by atoms with Gasteiger partial charge in [-0.1, -0.05) is 387 Å². The van der Waals surface area contributed by atoms with E-state index in [-0.39, 0.29) is 0 Å². The third-order valence-electron chi connectivity index (χ3n) is 17.5. The zero-order chi connectivity index (χ0) is 90.4. The van der Waals surface area contributed by atoms with Crippen molar-refractivity contribution in [2.45, 2.75) is 337 Å². The average molecular weight is 1590 g/mol. The molecule has 4 nitrogen and oxygen atoms in total. The van der Waals surface area contributed by atoms with Gasteiger partial charge in [0, 0.05) is 5.56 Å². The smallest absolute Gasteiger partial charge is 0.122 e. The number of hydrogen-bond acceptors (Lipinski definition) is 4. The minimum atomic E-state index is 0.449.